The maximum absolute atomic E-state index is 6.26. The van der Waals surface area contributed by atoms with Crippen LogP contribution in [0.3, 0.4) is 0 Å². The lowest BCUT2D eigenvalue weighted by atomic mass is 9.62. The summed E-state index contributed by atoms with van der Waals surface area (Å²) >= 11 is 6.26. The molecule has 2 heteroatoms. The standard InChI is InChI=1S/C34H36ClN/c1-21-15-22(2)17-26(16-21)36-20-29(23-7-10-25(35)11-8-23)27-12-9-24-18-30-31(19-28(24)32(27)36)34(5,6)14-13-33(30,3)4/h7-8,10-11,15-20H,9,12-14H2,1-6H3. The van der Waals surface area contributed by atoms with Gasteiger partial charge in [-0.25, -0.2) is 0 Å². The molecular formula is C34H36ClN. The third-order valence-corrected chi connectivity index (χ3v) is 8.98. The van der Waals surface area contributed by atoms with Gasteiger partial charge in [0.05, 0.1) is 5.69 Å². The fourth-order valence-electron chi connectivity index (χ4n) is 6.61. The topological polar surface area (TPSA) is 4.93 Å². The SMILES string of the molecule is Cc1cc(C)cc(-n2cc(-c3ccc(Cl)cc3)c3c2-c2cc4c(cc2CC3)C(C)(C)CCC4(C)C)c1. The monoisotopic (exact) mass is 493 g/mol. The van der Waals surface area contributed by atoms with E-state index < -0.39 is 0 Å². The summed E-state index contributed by atoms with van der Waals surface area (Å²) in [6.07, 6.45) is 6.99. The fourth-order valence-corrected chi connectivity index (χ4v) is 6.73. The predicted molar refractivity (Wildman–Crippen MR) is 154 cm³/mol. The molecule has 2 aliphatic carbocycles. The smallest absolute Gasteiger partial charge is 0.0569 e. The molecule has 0 saturated heterocycles. The van der Waals surface area contributed by atoms with Crippen molar-refractivity contribution in [2.75, 3.05) is 0 Å². The van der Waals surface area contributed by atoms with Gasteiger partial charge in [-0.05, 0) is 120 Å². The van der Waals surface area contributed by atoms with E-state index in [0.717, 1.165) is 17.9 Å². The molecule has 0 fully saturated rings. The molecule has 0 aliphatic heterocycles. The van der Waals surface area contributed by atoms with Crippen molar-refractivity contribution in [2.45, 2.75) is 78.1 Å². The van der Waals surface area contributed by atoms with E-state index in [1.54, 1.807) is 5.56 Å². The molecule has 6 rings (SSSR count). The highest BCUT2D eigenvalue weighted by Gasteiger charge is 2.39. The van der Waals surface area contributed by atoms with E-state index in [0.29, 0.717) is 0 Å². The molecule has 1 nitrogen and oxygen atoms in total. The normalized spacial score (nSPS) is 17.3. The molecule has 4 aromatic rings. The second-order valence-electron chi connectivity index (χ2n) is 12.4. The molecule has 0 bridgehead atoms. The molecule has 0 spiro atoms. The Morgan fingerprint density at radius 2 is 1.33 bits per heavy atom. The molecule has 3 aromatic carbocycles. The molecule has 0 atom stereocenters. The Morgan fingerprint density at radius 1 is 0.722 bits per heavy atom. The first-order valence-corrected chi connectivity index (χ1v) is 13.7. The minimum absolute atomic E-state index is 0.188. The van der Waals surface area contributed by atoms with Crippen LogP contribution in [0.15, 0.2) is 60.8 Å². The van der Waals surface area contributed by atoms with Gasteiger partial charge in [0.1, 0.15) is 0 Å². The summed E-state index contributed by atoms with van der Waals surface area (Å²) < 4.78 is 2.46. The van der Waals surface area contributed by atoms with Crippen molar-refractivity contribution in [3.8, 4) is 28.1 Å². The Morgan fingerprint density at radius 3 is 1.97 bits per heavy atom. The lowest BCUT2D eigenvalue weighted by Crippen LogP contribution is -2.34. The Labute approximate surface area is 221 Å². The molecular weight excluding hydrogens is 458 g/mol. The summed E-state index contributed by atoms with van der Waals surface area (Å²) in [6.45, 7) is 14.1. The van der Waals surface area contributed by atoms with Crippen molar-refractivity contribution in [3.05, 3.63) is 99.2 Å². The van der Waals surface area contributed by atoms with Crippen molar-refractivity contribution in [1.82, 2.24) is 4.57 Å². The quantitative estimate of drug-likeness (QED) is 0.262. The highest BCUT2D eigenvalue weighted by Crippen LogP contribution is 2.50. The lowest BCUT2D eigenvalue weighted by molar-refractivity contribution is 0.331. The van der Waals surface area contributed by atoms with Crippen molar-refractivity contribution < 1.29 is 0 Å². The van der Waals surface area contributed by atoms with E-state index in [-0.39, 0.29) is 10.8 Å². The van der Waals surface area contributed by atoms with Gasteiger partial charge in [0.2, 0.25) is 0 Å². The van der Waals surface area contributed by atoms with Crippen LogP contribution < -0.4 is 0 Å². The number of halogens is 1. The molecule has 0 radical (unpaired) electrons. The molecule has 0 N–H and O–H groups in total. The van der Waals surface area contributed by atoms with Crippen molar-refractivity contribution in [2.24, 2.45) is 0 Å². The fraction of sp³-hybridized carbons (Fsp3) is 0.353. The molecule has 2 aliphatic rings. The minimum atomic E-state index is 0.188. The second-order valence-corrected chi connectivity index (χ2v) is 12.9. The van der Waals surface area contributed by atoms with Crippen LogP contribution in [0.4, 0.5) is 0 Å². The molecule has 1 heterocycles. The maximum atomic E-state index is 6.26. The van der Waals surface area contributed by atoms with Crippen molar-refractivity contribution in [1.29, 1.82) is 0 Å². The molecule has 0 saturated carbocycles. The van der Waals surface area contributed by atoms with Gasteiger partial charge in [-0.15, -0.1) is 0 Å². The van der Waals surface area contributed by atoms with Crippen molar-refractivity contribution in [3.63, 3.8) is 0 Å². The lowest BCUT2D eigenvalue weighted by Gasteiger charge is -2.43. The van der Waals surface area contributed by atoms with E-state index in [1.807, 2.05) is 12.1 Å². The van der Waals surface area contributed by atoms with Gasteiger partial charge in [0.15, 0.2) is 0 Å². The average molecular weight is 494 g/mol. The number of hydrogen-bond acceptors (Lipinski definition) is 0. The molecule has 36 heavy (non-hydrogen) atoms. The first kappa shape index (κ1) is 23.6. The highest BCUT2D eigenvalue weighted by atomic mass is 35.5. The number of rotatable bonds is 2. The number of aromatic nitrogens is 1. The zero-order chi connectivity index (χ0) is 25.4. The molecule has 0 amide bonds. The molecule has 0 unspecified atom stereocenters. The summed E-state index contributed by atoms with van der Waals surface area (Å²) in [5.41, 5.74) is 15.6. The second kappa shape index (κ2) is 8.12. The van der Waals surface area contributed by atoms with Crippen LogP contribution >= 0.6 is 11.6 Å². The van der Waals surface area contributed by atoms with Gasteiger partial charge < -0.3 is 4.57 Å². The number of fused-ring (bicyclic) bond motifs is 4. The summed E-state index contributed by atoms with van der Waals surface area (Å²) in [7, 11) is 0. The number of aryl methyl sites for hydroxylation is 3. The van der Waals surface area contributed by atoms with Crippen LogP contribution in [-0.2, 0) is 23.7 Å². The Bertz CT molecular complexity index is 1480. The van der Waals surface area contributed by atoms with E-state index in [9.17, 15) is 0 Å². The summed E-state index contributed by atoms with van der Waals surface area (Å²) in [5.74, 6) is 0. The summed E-state index contributed by atoms with van der Waals surface area (Å²) in [4.78, 5) is 0. The third kappa shape index (κ3) is 3.75. The average Bonchev–Trinajstić information content (AvgIpc) is 3.21. The van der Waals surface area contributed by atoms with E-state index in [2.05, 4.69) is 94.8 Å². The van der Waals surface area contributed by atoms with Crippen LogP contribution in [0.1, 0.15) is 73.9 Å². The first-order valence-electron chi connectivity index (χ1n) is 13.3. The summed E-state index contributed by atoms with van der Waals surface area (Å²) in [6, 6.07) is 20.4. The van der Waals surface area contributed by atoms with Crippen LogP contribution in [0.25, 0.3) is 28.1 Å². The predicted octanol–water partition coefficient (Wildman–Crippen LogP) is 9.53. The van der Waals surface area contributed by atoms with Crippen LogP contribution in [0, 0.1) is 13.8 Å². The van der Waals surface area contributed by atoms with E-state index in [4.69, 9.17) is 11.6 Å². The van der Waals surface area contributed by atoms with Gasteiger partial charge in [-0.3, -0.25) is 0 Å². The number of nitrogens with zero attached hydrogens (tertiary/aromatic N) is 1. The van der Waals surface area contributed by atoms with Gasteiger partial charge in [-0.1, -0.05) is 63.6 Å². The van der Waals surface area contributed by atoms with E-state index in [1.165, 1.54) is 68.7 Å². The summed E-state index contributed by atoms with van der Waals surface area (Å²) in [5, 5.41) is 0.781. The van der Waals surface area contributed by atoms with Gasteiger partial charge in [0.25, 0.3) is 0 Å². The number of hydrogen-bond donors (Lipinski definition) is 0. The zero-order valence-corrected chi connectivity index (χ0v) is 23.2. The Hall–Kier alpha value is -2.77. The number of benzene rings is 3. The van der Waals surface area contributed by atoms with Crippen molar-refractivity contribution >= 4 is 11.6 Å². The molecule has 184 valence electrons. The van der Waals surface area contributed by atoms with Crippen LogP contribution in [0.2, 0.25) is 5.02 Å². The third-order valence-electron chi connectivity index (χ3n) is 8.73. The van der Waals surface area contributed by atoms with Crippen LogP contribution in [-0.4, -0.2) is 4.57 Å². The van der Waals surface area contributed by atoms with Gasteiger partial charge in [-0.2, -0.15) is 0 Å². The Kier molecular flexibility index (Phi) is 5.33. The van der Waals surface area contributed by atoms with Crippen LogP contribution in [0.5, 0.6) is 0 Å². The maximum Gasteiger partial charge on any atom is 0.0569 e. The highest BCUT2D eigenvalue weighted by molar-refractivity contribution is 6.30. The largest absolute Gasteiger partial charge is 0.316 e. The minimum Gasteiger partial charge on any atom is -0.316 e. The van der Waals surface area contributed by atoms with Gasteiger partial charge in [0, 0.05) is 28.0 Å². The van der Waals surface area contributed by atoms with Gasteiger partial charge >= 0.3 is 0 Å². The van der Waals surface area contributed by atoms with E-state index >= 15 is 0 Å². The Balaban J connectivity index is 1.65. The zero-order valence-electron chi connectivity index (χ0n) is 22.4. The first-order chi connectivity index (χ1) is 17.0. The molecule has 1 aromatic heterocycles.